The van der Waals surface area contributed by atoms with Crippen LogP contribution in [0.25, 0.3) is 11.4 Å². The van der Waals surface area contributed by atoms with E-state index in [0.717, 1.165) is 12.1 Å². The van der Waals surface area contributed by atoms with Gasteiger partial charge in [0.2, 0.25) is 0 Å². The number of aromatic nitrogens is 2. The molecule has 2 aromatic carbocycles. The van der Waals surface area contributed by atoms with Gasteiger partial charge in [-0.3, -0.25) is 4.79 Å². The molecule has 138 valence electrons. The minimum absolute atomic E-state index is 0.208. The van der Waals surface area contributed by atoms with Crippen molar-refractivity contribution < 1.29 is 9.18 Å². The normalized spacial score (nSPS) is 10.7. The van der Waals surface area contributed by atoms with Gasteiger partial charge < -0.3 is 10.6 Å². The van der Waals surface area contributed by atoms with Crippen LogP contribution in [0.4, 0.5) is 15.9 Å². The quantitative estimate of drug-likeness (QED) is 0.671. The molecule has 0 aliphatic carbocycles. The van der Waals surface area contributed by atoms with Crippen molar-refractivity contribution in [3.63, 3.8) is 0 Å². The third kappa shape index (κ3) is 5.10. The number of hydrogen-bond donors (Lipinski definition) is 2. The summed E-state index contributed by atoms with van der Waals surface area (Å²) < 4.78 is 13.4. The first kappa shape index (κ1) is 18.5. The Kier molecular flexibility index (Phi) is 5.76. The maximum Gasteiger partial charge on any atom is 0.274 e. The maximum absolute atomic E-state index is 13.4. The molecule has 5 nitrogen and oxygen atoms in total. The van der Waals surface area contributed by atoms with E-state index in [1.807, 2.05) is 30.3 Å². The van der Waals surface area contributed by atoms with Gasteiger partial charge in [-0.1, -0.05) is 50.2 Å². The summed E-state index contributed by atoms with van der Waals surface area (Å²) in [4.78, 5) is 21.6. The van der Waals surface area contributed by atoms with Crippen LogP contribution in [0.15, 0.2) is 60.7 Å². The molecule has 6 heteroatoms. The minimum Gasteiger partial charge on any atom is -0.370 e. The number of benzene rings is 2. The summed E-state index contributed by atoms with van der Waals surface area (Å²) in [7, 11) is 0. The number of carbonyl (C=O) groups excluding carboxylic acids is 1. The Hall–Kier alpha value is -3.28. The third-order valence-corrected chi connectivity index (χ3v) is 3.76. The van der Waals surface area contributed by atoms with Crippen LogP contribution in [0.1, 0.15) is 24.3 Å². The highest BCUT2D eigenvalue weighted by Gasteiger charge is 2.14. The molecular formula is C21H21FN4O. The zero-order valence-corrected chi connectivity index (χ0v) is 15.2. The van der Waals surface area contributed by atoms with Crippen molar-refractivity contribution in [1.82, 2.24) is 9.97 Å². The Morgan fingerprint density at radius 3 is 2.52 bits per heavy atom. The summed E-state index contributed by atoms with van der Waals surface area (Å²) in [5, 5.41) is 5.90. The van der Waals surface area contributed by atoms with Crippen LogP contribution in [0.5, 0.6) is 0 Å². The lowest BCUT2D eigenvalue weighted by molar-refractivity contribution is 0.102. The molecule has 0 saturated heterocycles. The molecule has 0 aliphatic rings. The molecule has 1 aromatic heterocycles. The van der Waals surface area contributed by atoms with Crippen molar-refractivity contribution in [2.45, 2.75) is 13.8 Å². The van der Waals surface area contributed by atoms with E-state index < -0.39 is 11.7 Å². The number of halogens is 1. The molecule has 0 spiro atoms. The highest BCUT2D eigenvalue weighted by Crippen LogP contribution is 2.19. The summed E-state index contributed by atoms with van der Waals surface area (Å²) in [5.41, 5.74) is 1.39. The van der Waals surface area contributed by atoms with Crippen molar-refractivity contribution in [3.8, 4) is 11.4 Å². The largest absolute Gasteiger partial charge is 0.370 e. The molecule has 0 saturated carbocycles. The Balaban J connectivity index is 1.92. The summed E-state index contributed by atoms with van der Waals surface area (Å²) in [6.07, 6.45) is 0. The molecule has 1 heterocycles. The molecule has 0 aliphatic heterocycles. The molecule has 27 heavy (non-hydrogen) atoms. The number of amides is 1. The van der Waals surface area contributed by atoms with E-state index in [2.05, 4.69) is 34.4 Å². The number of anilines is 2. The average Bonchev–Trinajstić information content (AvgIpc) is 2.67. The van der Waals surface area contributed by atoms with Crippen molar-refractivity contribution in [1.29, 1.82) is 0 Å². The molecule has 0 radical (unpaired) electrons. The van der Waals surface area contributed by atoms with E-state index in [4.69, 9.17) is 0 Å². The highest BCUT2D eigenvalue weighted by atomic mass is 19.1. The molecule has 0 bridgehead atoms. The van der Waals surface area contributed by atoms with Crippen molar-refractivity contribution in [3.05, 3.63) is 72.2 Å². The second-order valence-corrected chi connectivity index (χ2v) is 6.57. The first-order valence-corrected chi connectivity index (χ1v) is 8.76. The fraction of sp³-hybridized carbons (Fsp3) is 0.190. The number of hydrogen-bond acceptors (Lipinski definition) is 4. The van der Waals surface area contributed by atoms with E-state index in [9.17, 15) is 9.18 Å². The van der Waals surface area contributed by atoms with E-state index in [-0.39, 0.29) is 5.69 Å². The predicted octanol–water partition coefficient (Wildman–Crippen LogP) is 4.60. The van der Waals surface area contributed by atoms with Gasteiger partial charge >= 0.3 is 0 Å². The lowest BCUT2D eigenvalue weighted by atomic mass is 10.2. The Labute approximate surface area is 157 Å². The molecule has 3 rings (SSSR count). The SMILES string of the molecule is CC(C)CNc1cc(C(=O)Nc2cccc(F)c2)nc(-c2ccccc2)n1. The van der Waals surface area contributed by atoms with E-state index in [1.165, 1.54) is 18.2 Å². The van der Waals surface area contributed by atoms with Gasteiger partial charge in [-0.25, -0.2) is 14.4 Å². The lowest BCUT2D eigenvalue weighted by Crippen LogP contribution is -2.17. The van der Waals surface area contributed by atoms with Crippen LogP contribution in [-0.4, -0.2) is 22.4 Å². The lowest BCUT2D eigenvalue weighted by Gasteiger charge is -2.12. The van der Waals surface area contributed by atoms with Crippen LogP contribution in [0, 0.1) is 11.7 Å². The van der Waals surface area contributed by atoms with Gasteiger partial charge in [0.1, 0.15) is 17.3 Å². The molecule has 1 amide bonds. The van der Waals surface area contributed by atoms with Gasteiger partial charge in [0.25, 0.3) is 5.91 Å². The highest BCUT2D eigenvalue weighted by molar-refractivity contribution is 6.03. The van der Waals surface area contributed by atoms with E-state index in [0.29, 0.717) is 23.2 Å². The van der Waals surface area contributed by atoms with Crippen molar-refractivity contribution in [2.24, 2.45) is 5.92 Å². The first-order chi connectivity index (χ1) is 13.0. The monoisotopic (exact) mass is 364 g/mol. The van der Waals surface area contributed by atoms with Gasteiger partial charge in [-0.05, 0) is 24.1 Å². The van der Waals surface area contributed by atoms with Crippen LogP contribution in [0.2, 0.25) is 0 Å². The molecule has 0 atom stereocenters. The number of rotatable bonds is 6. The molecule has 0 fully saturated rings. The zero-order chi connectivity index (χ0) is 19.2. The van der Waals surface area contributed by atoms with Gasteiger partial charge in [0.15, 0.2) is 5.82 Å². The Morgan fingerprint density at radius 2 is 1.81 bits per heavy atom. The second kappa shape index (κ2) is 8.40. The van der Waals surface area contributed by atoms with E-state index in [1.54, 1.807) is 12.1 Å². The minimum atomic E-state index is -0.423. The van der Waals surface area contributed by atoms with E-state index >= 15 is 0 Å². The third-order valence-electron chi connectivity index (χ3n) is 3.76. The number of nitrogens with one attached hydrogen (secondary N) is 2. The Morgan fingerprint density at radius 1 is 1.04 bits per heavy atom. The van der Waals surface area contributed by atoms with Crippen LogP contribution < -0.4 is 10.6 Å². The van der Waals surface area contributed by atoms with Gasteiger partial charge in [0.05, 0.1) is 0 Å². The number of nitrogens with zero attached hydrogens (tertiary/aromatic N) is 2. The van der Waals surface area contributed by atoms with Crippen molar-refractivity contribution >= 4 is 17.4 Å². The van der Waals surface area contributed by atoms with Crippen LogP contribution in [-0.2, 0) is 0 Å². The molecule has 3 aromatic rings. The summed E-state index contributed by atoms with van der Waals surface area (Å²) in [6.45, 7) is 4.89. The molecular weight excluding hydrogens is 343 g/mol. The fourth-order valence-electron chi connectivity index (χ4n) is 2.44. The average molecular weight is 364 g/mol. The predicted molar refractivity (Wildman–Crippen MR) is 105 cm³/mol. The summed E-state index contributed by atoms with van der Waals surface area (Å²) in [5.74, 6) is 0.605. The Bertz CT molecular complexity index is 928. The van der Waals surface area contributed by atoms with Crippen LogP contribution >= 0.6 is 0 Å². The second-order valence-electron chi connectivity index (χ2n) is 6.57. The maximum atomic E-state index is 13.4. The standard InChI is InChI=1S/C21H21FN4O/c1-14(2)13-23-19-12-18(21(27)24-17-10-6-9-16(22)11-17)25-20(26-19)15-7-4-3-5-8-15/h3-12,14H,13H2,1-2H3,(H,24,27)(H,23,25,26). The van der Waals surface area contributed by atoms with Gasteiger partial charge in [0, 0.05) is 23.9 Å². The first-order valence-electron chi connectivity index (χ1n) is 8.76. The van der Waals surface area contributed by atoms with Gasteiger partial charge in [-0.15, -0.1) is 0 Å². The smallest absolute Gasteiger partial charge is 0.274 e. The number of carbonyl (C=O) groups is 1. The molecule has 0 unspecified atom stereocenters. The topological polar surface area (TPSA) is 66.9 Å². The fourth-order valence-corrected chi connectivity index (χ4v) is 2.44. The zero-order valence-electron chi connectivity index (χ0n) is 15.2. The summed E-state index contributed by atoms with van der Waals surface area (Å²) in [6, 6.07) is 16.8. The van der Waals surface area contributed by atoms with Crippen molar-refractivity contribution in [2.75, 3.05) is 17.2 Å². The van der Waals surface area contributed by atoms with Gasteiger partial charge in [-0.2, -0.15) is 0 Å². The summed E-state index contributed by atoms with van der Waals surface area (Å²) >= 11 is 0. The van der Waals surface area contributed by atoms with Crippen LogP contribution in [0.3, 0.4) is 0 Å². The molecule has 2 N–H and O–H groups in total.